The van der Waals surface area contributed by atoms with Crippen LogP contribution >= 0.6 is 0 Å². The fourth-order valence-corrected chi connectivity index (χ4v) is 2.49. The van der Waals surface area contributed by atoms with Crippen LogP contribution in [0.4, 0.5) is 0 Å². The van der Waals surface area contributed by atoms with Crippen LogP contribution in [-0.2, 0) is 4.74 Å². The van der Waals surface area contributed by atoms with Gasteiger partial charge in [0.25, 0.3) is 0 Å². The van der Waals surface area contributed by atoms with Gasteiger partial charge in [-0.2, -0.15) is 0 Å². The van der Waals surface area contributed by atoms with Crippen LogP contribution in [0.1, 0.15) is 47.0 Å². The Hall–Kier alpha value is -0.120. The first-order valence-electron chi connectivity index (χ1n) is 7.64. The number of nitrogens with one attached hydrogen (secondary N) is 1. The highest BCUT2D eigenvalue weighted by molar-refractivity contribution is 4.76. The van der Waals surface area contributed by atoms with Crippen molar-refractivity contribution in [1.82, 2.24) is 10.2 Å². The minimum Gasteiger partial charge on any atom is -0.380 e. The molecule has 1 aliphatic heterocycles. The first-order valence-corrected chi connectivity index (χ1v) is 7.64. The third-order valence-corrected chi connectivity index (χ3v) is 3.62. The van der Waals surface area contributed by atoms with Crippen LogP contribution in [0.2, 0.25) is 0 Å². The third-order valence-electron chi connectivity index (χ3n) is 3.62. The normalized spacial score (nSPS) is 22.7. The molecule has 0 aliphatic carbocycles. The lowest BCUT2D eigenvalue weighted by Gasteiger charge is -2.24. The summed E-state index contributed by atoms with van der Waals surface area (Å²) >= 11 is 0. The molecule has 0 aromatic rings. The molecule has 1 saturated heterocycles. The Morgan fingerprint density at radius 2 is 1.94 bits per heavy atom. The smallest absolute Gasteiger partial charge is 0.0591 e. The SMILES string of the molecule is CC(C)COCCNC1CCCN(C(C)C)CC1. The van der Waals surface area contributed by atoms with Gasteiger partial charge in [-0.05, 0) is 52.1 Å². The van der Waals surface area contributed by atoms with Crippen molar-refractivity contribution in [3.8, 4) is 0 Å². The summed E-state index contributed by atoms with van der Waals surface area (Å²) in [6.45, 7) is 14.2. The van der Waals surface area contributed by atoms with Gasteiger partial charge in [0.05, 0.1) is 6.61 Å². The van der Waals surface area contributed by atoms with E-state index in [4.69, 9.17) is 4.74 Å². The van der Waals surface area contributed by atoms with E-state index in [0.717, 1.165) is 19.8 Å². The van der Waals surface area contributed by atoms with E-state index in [2.05, 4.69) is 37.9 Å². The van der Waals surface area contributed by atoms with E-state index < -0.39 is 0 Å². The number of hydrogen-bond donors (Lipinski definition) is 1. The van der Waals surface area contributed by atoms with Gasteiger partial charge in [0.1, 0.15) is 0 Å². The van der Waals surface area contributed by atoms with Gasteiger partial charge < -0.3 is 15.0 Å². The van der Waals surface area contributed by atoms with Crippen molar-refractivity contribution in [1.29, 1.82) is 0 Å². The summed E-state index contributed by atoms with van der Waals surface area (Å²) in [5.74, 6) is 0.641. The molecule has 1 rings (SSSR count). The van der Waals surface area contributed by atoms with Crippen molar-refractivity contribution >= 4 is 0 Å². The molecule has 1 atom stereocenters. The Labute approximate surface area is 113 Å². The highest BCUT2D eigenvalue weighted by atomic mass is 16.5. The number of nitrogens with zero attached hydrogens (tertiary/aromatic N) is 1. The van der Waals surface area contributed by atoms with Gasteiger partial charge in [-0.3, -0.25) is 0 Å². The lowest BCUT2D eigenvalue weighted by molar-refractivity contribution is 0.109. The van der Waals surface area contributed by atoms with Gasteiger partial charge >= 0.3 is 0 Å². The van der Waals surface area contributed by atoms with Crippen LogP contribution in [0, 0.1) is 5.92 Å². The molecule has 0 spiro atoms. The van der Waals surface area contributed by atoms with Crippen molar-refractivity contribution in [2.45, 2.75) is 59.0 Å². The average molecular weight is 256 g/mol. The second-order valence-corrected chi connectivity index (χ2v) is 6.18. The monoisotopic (exact) mass is 256 g/mol. The largest absolute Gasteiger partial charge is 0.380 e. The Bertz CT molecular complexity index is 207. The van der Waals surface area contributed by atoms with Crippen molar-refractivity contribution < 1.29 is 4.74 Å². The highest BCUT2D eigenvalue weighted by Crippen LogP contribution is 2.13. The fraction of sp³-hybridized carbons (Fsp3) is 1.00. The predicted molar refractivity (Wildman–Crippen MR) is 78.0 cm³/mol. The Morgan fingerprint density at radius 3 is 2.61 bits per heavy atom. The zero-order valence-corrected chi connectivity index (χ0v) is 12.7. The van der Waals surface area contributed by atoms with Crippen LogP contribution in [0.25, 0.3) is 0 Å². The number of ether oxygens (including phenoxy) is 1. The maximum atomic E-state index is 5.60. The molecule has 1 heterocycles. The Morgan fingerprint density at radius 1 is 1.17 bits per heavy atom. The maximum Gasteiger partial charge on any atom is 0.0591 e. The summed E-state index contributed by atoms with van der Waals surface area (Å²) < 4.78 is 5.60. The summed E-state index contributed by atoms with van der Waals surface area (Å²) in [4.78, 5) is 2.59. The molecule has 3 nitrogen and oxygen atoms in total. The van der Waals surface area contributed by atoms with E-state index in [-0.39, 0.29) is 0 Å². The van der Waals surface area contributed by atoms with Crippen LogP contribution in [0.5, 0.6) is 0 Å². The molecule has 18 heavy (non-hydrogen) atoms. The van der Waals surface area contributed by atoms with Crippen LogP contribution in [0.3, 0.4) is 0 Å². The van der Waals surface area contributed by atoms with Gasteiger partial charge in [0.2, 0.25) is 0 Å². The number of likely N-dealkylation sites (tertiary alicyclic amines) is 1. The number of rotatable bonds is 7. The molecule has 0 saturated carbocycles. The maximum absolute atomic E-state index is 5.60. The van der Waals surface area contributed by atoms with E-state index in [9.17, 15) is 0 Å². The molecule has 3 heteroatoms. The molecule has 0 aromatic carbocycles. The summed E-state index contributed by atoms with van der Waals surface area (Å²) in [6, 6.07) is 1.38. The van der Waals surface area contributed by atoms with Crippen LogP contribution in [-0.4, -0.2) is 49.8 Å². The third kappa shape index (κ3) is 6.72. The summed E-state index contributed by atoms with van der Waals surface area (Å²) in [5.41, 5.74) is 0. The first-order chi connectivity index (χ1) is 8.59. The lowest BCUT2D eigenvalue weighted by atomic mass is 10.1. The van der Waals surface area contributed by atoms with E-state index >= 15 is 0 Å². The van der Waals surface area contributed by atoms with E-state index in [1.54, 1.807) is 0 Å². The predicted octanol–water partition coefficient (Wildman–Crippen LogP) is 2.51. The zero-order chi connectivity index (χ0) is 13.4. The van der Waals surface area contributed by atoms with Gasteiger partial charge in [-0.25, -0.2) is 0 Å². The molecule has 1 N–H and O–H groups in total. The van der Waals surface area contributed by atoms with Crippen LogP contribution < -0.4 is 5.32 Å². The molecular weight excluding hydrogens is 224 g/mol. The molecule has 1 unspecified atom stereocenters. The Kier molecular flexibility index (Phi) is 7.87. The molecular formula is C15H32N2O. The summed E-state index contributed by atoms with van der Waals surface area (Å²) in [6.07, 6.45) is 3.92. The second kappa shape index (κ2) is 8.89. The Balaban J connectivity index is 2.08. The molecule has 1 fully saturated rings. The van der Waals surface area contributed by atoms with Crippen LogP contribution in [0.15, 0.2) is 0 Å². The highest BCUT2D eigenvalue weighted by Gasteiger charge is 2.17. The van der Waals surface area contributed by atoms with Gasteiger partial charge in [-0.1, -0.05) is 13.8 Å². The second-order valence-electron chi connectivity index (χ2n) is 6.18. The quantitative estimate of drug-likeness (QED) is 0.708. The average Bonchev–Trinajstić information content (AvgIpc) is 2.53. The lowest BCUT2D eigenvalue weighted by Crippen LogP contribution is -2.35. The number of hydrogen-bond acceptors (Lipinski definition) is 3. The van der Waals surface area contributed by atoms with Crippen molar-refractivity contribution in [3.63, 3.8) is 0 Å². The van der Waals surface area contributed by atoms with E-state index in [0.29, 0.717) is 18.0 Å². The first kappa shape index (κ1) is 15.9. The zero-order valence-electron chi connectivity index (χ0n) is 12.7. The van der Waals surface area contributed by atoms with Gasteiger partial charge in [0, 0.05) is 25.2 Å². The van der Waals surface area contributed by atoms with Crippen molar-refractivity contribution in [3.05, 3.63) is 0 Å². The van der Waals surface area contributed by atoms with Gasteiger partial charge in [0.15, 0.2) is 0 Å². The summed E-state index contributed by atoms with van der Waals surface area (Å²) in [5, 5.41) is 3.64. The standard InChI is InChI=1S/C15H32N2O/c1-13(2)12-18-11-8-16-15-6-5-9-17(10-7-15)14(3)4/h13-16H,5-12H2,1-4H3. The van der Waals surface area contributed by atoms with Gasteiger partial charge in [-0.15, -0.1) is 0 Å². The minimum absolute atomic E-state index is 0.641. The van der Waals surface area contributed by atoms with Crippen molar-refractivity contribution in [2.75, 3.05) is 32.8 Å². The van der Waals surface area contributed by atoms with Crippen molar-refractivity contribution in [2.24, 2.45) is 5.92 Å². The minimum atomic E-state index is 0.641. The van der Waals surface area contributed by atoms with E-state index in [1.165, 1.54) is 32.4 Å². The topological polar surface area (TPSA) is 24.5 Å². The fourth-order valence-electron chi connectivity index (χ4n) is 2.49. The molecule has 0 aromatic heterocycles. The molecule has 0 amide bonds. The molecule has 108 valence electrons. The molecule has 1 aliphatic rings. The molecule has 0 bridgehead atoms. The summed E-state index contributed by atoms with van der Waals surface area (Å²) in [7, 11) is 0. The van der Waals surface area contributed by atoms with E-state index in [1.807, 2.05) is 0 Å². The molecule has 0 radical (unpaired) electrons.